The second kappa shape index (κ2) is 3.52. The van der Waals surface area contributed by atoms with Gasteiger partial charge in [0.25, 0.3) is 0 Å². The minimum absolute atomic E-state index is 0.880. The monoisotopic (exact) mass is 273 g/mol. The predicted molar refractivity (Wildman–Crippen MR) is 65.7 cm³/mol. The molecule has 0 saturated carbocycles. The topological polar surface area (TPSA) is 26.0 Å². The Kier molecular flexibility index (Phi) is 2.53. The van der Waals surface area contributed by atoms with Crippen LogP contribution < -0.4 is 5.73 Å². The van der Waals surface area contributed by atoms with Gasteiger partial charge >= 0.3 is 0 Å². The van der Waals surface area contributed by atoms with Gasteiger partial charge in [-0.3, -0.25) is 0 Å². The van der Waals surface area contributed by atoms with E-state index in [1.54, 1.807) is 23.1 Å². The third-order valence-electron chi connectivity index (χ3n) is 1.88. The van der Waals surface area contributed by atoms with Crippen molar-refractivity contribution in [2.24, 2.45) is 0 Å². The van der Waals surface area contributed by atoms with Crippen molar-refractivity contribution in [1.82, 2.24) is 0 Å². The molecule has 0 spiro atoms. The van der Waals surface area contributed by atoms with Crippen LogP contribution in [0.15, 0.2) is 26.9 Å². The zero-order valence-electron chi connectivity index (χ0n) is 7.00. The van der Waals surface area contributed by atoms with E-state index in [1.165, 1.54) is 15.0 Å². The van der Waals surface area contributed by atoms with Gasteiger partial charge in [-0.2, -0.15) is 0 Å². The summed E-state index contributed by atoms with van der Waals surface area (Å²) in [5.74, 6) is 0. The van der Waals surface area contributed by atoms with Gasteiger partial charge in [0.15, 0.2) is 0 Å². The van der Waals surface area contributed by atoms with E-state index in [9.17, 15) is 0 Å². The molecule has 0 bridgehead atoms. The molecule has 0 aliphatic rings. The molecule has 0 radical (unpaired) electrons. The molecule has 0 unspecified atom stereocenters. The van der Waals surface area contributed by atoms with E-state index >= 15 is 0 Å². The third-order valence-corrected chi connectivity index (χ3v) is 4.62. The minimum atomic E-state index is 0.880. The van der Waals surface area contributed by atoms with E-state index in [0.717, 1.165) is 10.2 Å². The highest BCUT2D eigenvalue weighted by Gasteiger charge is 2.08. The molecule has 2 N–H and O–H groups in total. The highest BCUT2D eigenvalue weighted by atomic mass is 79.9. The molecule has 2 aromatic rings. The summed E-state index contributed by atoms with van der Waals surface area (Å²) >= 11 is 6.94. The number of thiophene rings is 1. The number of thioether (sulfide) groups is 1. The molecule has 0 aliphatic heterocycles. The van der Waals surface area contributed by atoms with Gasteiger partial charge in [0.2, 0.25) is 0 Å². The fourth-order valence-corrected chi connectivity index (χ4v) is 3.47. The normalized spacial score (nSPS) is 10.9. The van der Waals surface area contributed by atoms with E-state index in [2.05, 4.69) is 34.3 Å². The third kappa shape index (κ3) is 1.47. The molecular weight excluding hydrogens is 266 g/mol. The van der Waals surface area contributed by atoms with E-state index in [-0.39, 0.29) is 0 Å². The number of benzene rings is 1. The number of nitrogen functional groups attached to an aromatic ring is 1. The highest BCUT2D eigenvalue weighted by Crippen LogP contribution is 2.39. The van der Waals surface area contributed by atoms with Crippen molar-refractivity contribution >= 4 is 54.8 Å². The molecule has 1 aromatic carbocycles. The van der Waals surface area contributed by atoms with E-state index in [4.69, 9.17) is 5.73 Å². The fourth-order valence-electron chi connectivity index (χ4n) is 1.28. The number of rotatable bonds is 1. The lowest BCUT2D eigenvalue weighted by molar-refractivity contribution is 1.56. The van der Waals surface area contributed by atoms with Gasteiger partial charge in [0, 0.05) is 20.1 Å². The van der Waals surface area contributed by atoms with Gasteiger partial charge in [0.1, 0.15) is 0 Å². The van der Waals surface area contributed by atoms with E-state index < -0.39 is 0 Å². The number of fused-ring (bicyclic) bond motifs is 1. The van der Waals surface area contributed by atoms with Crippen molar-refractivity contribution in [2.75, 3.05) is 12.0 Å². The Labute approximate surface area is 93.4 Å². The van der Waals surface area contributed by atoms with E-state index in [1.807, 2.05) is 5.38 Å². The summed E-state index contributed by atoms with van der Waals surface area (Å²) in [4.78, 5) is 1.25. The zero-order chi connectivity index (χ0) is 9.42. The molecule has 0 atom stereocenters. The number of nitrogens with two attached hydrogens (primary N) is 1. The Bertz CT molecular complexity index is 450. The number of hydrogen-bond acceptors (Lipinski definition) is 3. The fraction of sp³-hybridized carbons (Fsp3) is 0.111. The van der Waals surface area contributed by atoms with Crippen molar-refractivity contribution < 1.29 is 0 Å². The lowest BCUT2D eigenvalue weighted by Crippen LogP contribution is -1.82. The van der Waals surface area contributed by atoms with Crippen LogP contribution in [-0.2, 0) is 0 Å². The molecule has 13 heavy (non-hydrogen) atoms. The number of halogens is 1. The average molecular weight is 274 g/mol. The van der Waals surface area contributed by atoms with Gasteiger partial charge in [-0.05, 0) is 34.3 Å². The van der Waals surface area contributed by atoms with Crippen LogP contribution in [0.4, 0.5) is 5.69 Å². The predicted octanol–water partition coefficient (Wildman–Crippen LogP) is 3.97. The standard InChI is InChI=1S/C9H8BrNS2/c1-12-7-3-2-5(10)9-8(7)6(11)4-13-9/h2-4H,11H2,1H3. The maximum Gasteiger partial charge on any atom is 0.0517 e. The first kappa shape index (κ1) is 9.37. The Morgan fingerprint density at radius 2 is 2.23 bits per heavy atom. The largest absolute Gasteiger partial charge is 0.398 e. The van der Waals surface area contributed by atoms with Crippen LogP contribution in [0.25, 0.3) is 10.1 Å². The van der Waals surface area contributed by atoms with Crippen molar-refractivity contribution in [3.8, 4) is 0 Å². The SMILES string of the molecule is CSc1ccc(Br)c2scc(N)c12. The molecule has 2 rings (SSSR count). The van der Waals surface area contributed by atoms with Crippen LogP contribution in [0.2, 0.25) is 0 Å². The highest BCUT2D eigenvalue weighted by molar-refractivity contribution is 9.10. The lowest BCUT2D eigenvalue weighted by atomic mass is 10.2. The second-order valence-corrected chi connectivity index (χ2v) is 5.23. The van der Waals surface area contributed by atoms with Crippen LogP contribution in [-0.4, -0.2) is 6.26 Å². The quantitative estimate of drug-likeness (QED) is 0.796. The molecule has 1 heterocycles. The van der Waals surface area contributed by atoms with Gasteiger partial charge in [-0.1, -0.05) is 0 Å². The molecule has 0 aliphatic carbocycles. The Morgan fingerprint density at radius 1 is 1.46 bits per heavy atom. The molecule has 0 saturated heterocycles. The smallest absolute Gasteiger partial charge is 0.0517 e. The number of hydrogen-bond donors (Lipinski definition) is 1. The Hall–Kier alpha value is -0.190. The van der Waals surface area contributed by atoms with Crippen LogP contribution >= 0.6 is 39.0 Å². The Morgan fingerprint density at radius 3 is 2.92 bits per heavy atom. The van der Waals surface area contributed by atoms with Crippen LogP contribution in [0.1, 0.15) is 0 Å². The molecule has 0 fully saturated rings. The van der Waals surface area contributed by atoms with E-state index in [0.29, 0.717) is 0 Å². The maximum atomic E-state index is 5.90. The molecule has 4 heteroatoms. The molecule has 0 amide bonds. The van der Waals surface area contributed by atoms with Crippen LogP contribution in [0.5, 0.6) is 0 Å². The lowest BCUT2D eigenvalue weighted by Gasteiger charge is -2.01. The van der Waals surface area contributed by atoms with Gasteiger partial charge in [-0.25, -0.2) is 0 Å². The summed E-state index contributed by atoms with van der Waals surface area (Å²) in [5, 5.41) is 3.18. The maximum absolute atomic E-state index is 5.90. The first-order valence-electron chi connectivity index (χ1n) is 3.73. The van der Waals surface area contributed by atoms with Crippen LogP contribution in [0, 0.1) is 0 Å². The number of anilines is 1. The summed E-state index contributed by atoms with van der Waals surface area (Å²) in [6, 6.07) is 4.17. The summed E-state index contributed by atoms with van der Waals surface area (Å²) in [5.41, 5.74) is 6.78. The minimum Gasteiger partial charge on any atom is -0.398 e. The summed E-state index contributed by atoms with van der Waals surface area (Å²) in [7, 11) is 0. The van der Waals surface area contributed by atoms with Crippen molar-refractivity contribution in [1.29, 1.82) is 0 Å². The summed E-state index contributed by atoms with van der Waals surface area (Å²) in [6.45, 7) is 0. The molecular formula is C9H8BrNS2. The van der Waals surface area contributed by atoms with Crippen LogP contribution in [0.3, 0.4) is 0 Å². The summed E-state index contributed by atoms with van der Waals surface area (Å²) < 4.78 is 2.37. The average Bonchev–Trinajstić information content (AvgIpc) is 2.51. The molecule has 1 aromatic heterocycles. The van der Waals surface area contributed by atoms with Crippen molar-refractivity contribution in [2.45, 2.75) is 4.90 Å². The van der Waals surface area contributed by atoms with Gasteiger partial charge in [0.05, 0.1) is 10.4 Å². The van der Waals surface area contributed by atoms with Crippen molar-refractivity contribution in [3.05, 3.63) is 22.0 Å². The Balaban J connectivity index is 2.88. The second-order valence-electron chi connectivity index (χ2n) is 2.64. The summed E-state index contributed by atoms with van der Waals surface area (Å²) in [6.07, 6.45) is 2.07. The van der Waals surface area contributed by atoms with Gasteiger partial charge in [-0.15, -0.1) is 23.1 Å². The van der Waals surface area contributed by atoms with Gasteiger partial charge < -0.3 is 5.73 Å². The van der Waals surface area contributed by atoms with Crippen molar-refractivity contribution in [3.63, 3.8) is 0 Å². The molecule has 1 nitrogen and oxygen atoms in total. The first-order valence-corrected chi connectivity index (χ1v) is 6.63. The zero-order valence-corrected chi connectivity index (χ0v) is 10.2. The first-order chi connectivity index (χ1) is 6.24. The molecule has 68 valence electrons.